The Hall–Kier alpha value is -3.17. The summed E-state index contributed by atoms with van der Waals surface area (Å²) in [5.41, 5.74) is 7.18. The van der Waals surface area contributed by atoms with E-state index in [2.05, 4.69) is 17.3 Å². The number of alkyl halides is 3. The van der Waals surface area contributed by atoms with Gasteiger partial charge in [-0.05, 0) is 92.7 Å². The molecule has 0 spiro atoms. The van der Waals surface area contributed by atoms with Crippen LogP contribution in [0, 0.1) is 11.3 Å². The molecule has 0 bridgehead atoms. The smallest absolute Gasteiger partial charge is 0.398 e. The third kappa shape index (κ3) is 5.29. The Morgan fingerprint density at radius 3 is 2.51 bits per heavy atom. The molecule has 2 aromatic carbocycles. The molecule has 194 valence electrons. The molecule has 2 aliphatic rings. The van der Waals surface area contributed by atoms with E-state index in [0.717, 1.165) is 42.0 Å². The molecular formula is C28H29F3N4OS. The average molecular weight is 527 g/mol. The van der Waals surface area contributed by atoms with Crippen molar-refractivity contribution in [2.45, 2.75) is 43.9 Å². The van der Waals surface area contributed by atoms with Gasteiger partial charge in [-0.25, -0.2) is 0 Å². The summed E-state index contributed by atoms with van der Waals surface area (Å²) < 4.78 is 39.4. The standard InChI is InChI=1S/C28H29F3N4OS/c1-35-11-3-5-16-13-20(15-23(16)35)34-27(36)26(33)21-14-18(7-8-22(21)32)25-10-9-24(37-25)17-4-2-6-19(12-17)28(29,30)31/h2,4,6-10,12,14,16,20,23,33H,3,5,11,13,15,32H2,1H3,(H,34,36). The molecule has 1 aliphatic carbocycles. The largest absolute Gasteiger partial charge is 0.416 e. The van der Waals surface area contributed by atoms with E-state index in [0.29, 0.717) is 33.7 Å². The van der Waals surface area contributed by atoms with Gasteiger partial charge >= 0.3 is 6.18 Å². The lowest BCUT2D eigenvalue weighted by Gasteiger charge is -2.34. The predicted molar refractivity (Wildman–Crippen MR) is 142 cm³/mol. The number of rotatable bonds is 5. The van der Waals surface area contributed by atoms with E-state index in [9.17, 15) is 18.0 Å². The van der Waals surface area contributed by atoms with Gasteiger partial charge in [0.05, 0.1) is 5.56 Å². The first-order valence-corrected chi connectivity index (χ1v) is 13.2. The third-order valence-corrected chi connectivity index (χ3v) is 8.74. The number of benzene rings is 2. The second-order valence-electron chi connectivity index (χ2n) is 10.0. The van der Waals surface area contributed by atoms with Gasteiger partial charge in [0.25, 0.3) is 5.91 Å². The fourth-order valence-electron chi connectivity index (χ4n) is 5.64. The number of nitrogens with one attached hydrogen (secondary N) is 2. The predicted octanol–water partition coefficient (Wildman–Crippen LogP) is 6.04. The molecule has 1 saturated carbocycles. The molecule has 2 heterocycles. The van der Waals surface area contributed by atoms with Crippen LogP contribution in [-0.2, 0) is 11.0 Å². The van der Waals surface area contributed by atoms with Crippen LogP contribution >= 0.6 is 11.3 Å². The molecule has 3 unspecified atom stereocenters. The van der Waals surface area contributed by atoms with Crippen LogP contribution in [0.4, 0.5) is 18.9 Å². The fourth-order valence-corrected chi connectivity index (χ4v) is 6.64. The molecule has 4 N–H and O–H groups in total. The number of carbonyl (C=O) groups excluding carboxylic acids is 1. The van der Waals surface area contributed by atoms with Crippen LogP contribution in [0.1, 0.15) is 36.8 Å². The number of likely N-dealkylation sites (tertiary alicyclic amines) is 1. The Labute approximate surface area is 218 Å². The summed E-state index contributed by atoms with van der Waals surface area (Å²) in [7, 11) is 2.14. The van der Waals surface area contributed by atoms with Crippen molar-refractivity contribution in [1.82, 2.24) is 10.2 Å². The topological polar surface area (TPSA) is 82.2 Å². The lowest BCUT2D eigenvalue weighted by Crippen LogP contribution is -2.41. The van der Waals surface area contributed by atoms with Crippen molar-refractivity contribution < 1.29 is 18.0 Å². The molecule has 9 heteroatoms. The fraction of sp³-hybridized carbons (Fsp3) is 0.357. The zero-order valence-electron chi connectivity index (χ0n) is 20.4. The molecule has 5 nitrogen and oxygen atoms in total. The zero-order valence-corrected chi connectivity index (χ0v) is 21.3. The van der Waals surface area contributed by atoms with E-state index < -0.39 is 17.6 Å². The van der Waals surface area contributed by atoms with Gasteiger partial charge in [0.2, 0.25) is 0 Å². The molecule has 3 atom stereocenters. The lowest BCUT2D eigenvalue weighted by atomic mass is 9.92. The van der Waals surface area contributed by atoms with Crippen molar-refractivity contribution in [2.24, 2.45) is 5.92 Å². The molecule has 1 saturated heterocycles. The van der Waals surface area contributed by atoms with Crippen molar-refractivity contribution in [3.05, 3.63) is 65.7 Å². The van der Waals surface area contributed by atoms with Crippen molar-refractivity contribution >= 4 is 28.6 Å². The van der Waals surface area contributed by atoms with Crippen molar-refractivity contribution in [1.29, 1.82) is 5.41 Å². The minimum atomic E-state index is -4.41. The number of carbonyl (C=O) groups is 1. The Bertz CT molecular complexity index is 1330. The quantitative estimate of drug-likeness (QED) is 0.280. The monoisotopic (exact) mass is 526 g/mol. The van der Waals surface area contributed by atoms with Gasteiger partial charge in [-0.15, -0.1) is 11.3 Å². The van der Waals surface area contributed by atoms with E-state index in [-0.39, 0.29) is 11.8 Å². The van der Waals surface area contributed by atoms with Crippen LogP contribution in [0.25, 0.3) is 20.9 Å². The minimum absolute atomic E-state index is 0.0418. The number of hydrogen-bond acceptors (Lipinski definition) is 5. The minimum Gasteiger partial charge on any atom is -0.398 e. The summed E-state index contributed by atoms with van der Waals surface area (Å²) in [6.45, 7) is 1.08. The Kier molecular flexibility index (Phi) is 6.85. The van der Waals surface area contributed by atoms with Gasteiger partial charge in [-0.3, -0.25) is 10.2 Å². The first-order valence-electron chi connectivity index (χ1n) is 12.4. The summed E-state index contributed by atoms with van der Waals surface area (Å²) in [5, 5.41) is 11.6. The number of nitrogens with zero attached hydrogens (tertiary/aromatic N) is 1. The number of anilines is 1. The summed E-state index contributed by atoms with van der Waals surface area (Å²) >= 11 is 1.35. The number of nitrogens with two attached hydrogens (primary N) is 1. The van der Waals surface area contributed by atoms with Crippen LogP contribution in [0.2, 0.25) is 0 Å². The highest BCUT2D eigenvalue weighted by Crippen LogP contribution is 2.39. The highest BCUT2D eigenvalue weighted by Gasteiger charge is 2.39. The molecule has 1 aliphatic heterocycles. The number of fused-ring (bicyclic) bond motifs is 1. The van der Waals surface area contributed by atoms with Crippen molar-refractivity contribution in [3.8, 4) is 20.9 Å². The normalized spacial score (nSPS) is 22.0. The maximum Gasteiger partial charge on any atom is 0.416 e. The second-order valence-corrected chi connectivity index (χ2v) is 11.1. The summed E-state index contributed by atoms with van der Waals surface area (Å²) in [6, 6.07) is 14.5. The van der Waals surface area contributed by atoms with Crippen LogP contribution in [0.5, 0.6) is 0 Å². The van der Waals surface area contributed by atoms with Crippen molar-refractivity contribution in [3.63, 3.8) is 0 Å². The van der Waals surface area contributed by atoms with Gasteiger partial charge in [0.1, 0.15) is 5.71 Å². The maximum atomic E-state index is 13.1. The number of piperidine rings is 1. The van der Waals surface area contributed by atoms with E-state index >= 15 is 0 Å². The molecule has 3 aromatic rings. The first kappa shape index (κ1) is 25.5. The molecule has 1 aromatic heterocycles. The summed E-state index contributed by atoms with van der Waals surface area (Å²) in [4.78, 5) is 16.9. The van der Waals surface area contributed by atoms with E-state index in [1.807, 2.05) is 6.07 Å². The van der Waals surface area contributed by atoms with E-state index in [1.165, 1.54) is 30.2 Å². The van der Waals surface area contributed by atoms with E-state index in [1.54, 1.807) is 30.3 Å². The Balaban J connectivity index is 1.32. The second kappa shape index (κ2) is 9.95. The van der Waals surface area contributed by atoms with Crippen molar-refractivity contribution in [2.75, 3.05) is 19.3 Å². The number of halogens is 3. The van der Waals surface area contributed by atoms with Crippen LogP contribution in [-0.4, -0.2) is 42.2 Å². The molecular weight excluding hydrogens is 497 g/mol. The lowest BCUT2D eigenvalue weighted by molar-refractivity contribution is -0.137. The van der Waals surface area contributed by atoms with Gasteiger partial charge in [0, 0.05) is 33.1 Å². The highest BCUT2D eigenvalue weighted by molar-refractivity contribution is 7.18. The molecule has 2 fully saturated rings. The number of amides is 1. The summed E-state index contributed by atoms with van der Waals surface area (Å²) in [5.74, 6) is 0.141. The number of hydrogen-bond donors (Lipinski definition) is 3. The molecule has 1 amide bonds. The Morgan fingerprint density at radius 1 is 1.08 bits per heavy atom. The molecule has 0 radical (unpaired) electrons. The van der Waals surface area contributed by atoms with Gasteiger partial charge in [-0.1, -0.05) is 18.2 Å². The average Bonchev–Trinajstić information content (AvgIpc) is 3.52. The number of nitrogen functional groups attached to an aromatic ring is 1. The zero-order chi connectivity index (χ0) is 26.3. The first-order chi connectivity index (χ1) is 17.6. The Morgan fingerprint density at radius 2 is 1.81 bits per heavy atom. The highest BCUT2D eigenvalue weighted by atomic mass is 32.1. The maximum absolute atomic E-state index is 13.1. The van der Waals surface area contributed by atoms with Crippen LogP contribution in [0.3, 0.4) is 0 Å². The van der Waals surface area contributed by atoms with Crippen LogP contribution < -0.4 is 11.1 Å². The molecule has 5 rings (SSSR count). The third-order valence-electron chi connectivity index (χ3n) is 7.56. The SMILES string of the molecule is CN1CCCC2CC(NC(=O)C(=N)c3cc(-c4ccc(-c5cccc(C(F)(F)F)c5)s4)ccc3N)CC21. The number of thiophene rings is 1. The van der Waals surface area contributed by atoms with Gasteiger partial charge in [0.15, 0.2) is 0 Å². The van der Waals surface area contributed by atoms with Gasteiger partial charge < -0.3 is 16.0 Å². The summed E-state index contributed by atoms with van der Waals surface area (Å²) in [6.07, 6.45) is -0.234. The van der Waals surface area contributed by atoms with Crippen LogP contribution in [0.15, 0.2) is 54.6 Å². The van der Waals surface area contributed by atoms with Gasteiger partial charge in [-0.2, -0.15) is 13.2 Å². The van der Waals surface area contributed by atoms with E-state index in [4.69, 9.17) is 11.1 Å². The molecule has 37 heavy (non-hydrogen) atoms.